The van der Waals surface area contributed by atoms with Crippen LogP contribution in [0.1, 0.15) is 20.7 Å². The zero-order chi connectivity index (χ0) is 19.8. The Kier molecular flexibility index (Phi) is 4.49. The van der Waals surface area contributed by atoms with Crippen LogP contribution in [0.5, 0.6) is 0 Å². The van der Waals surface area contributed by atoms with E-state index in [-0.39, 0.29) is 11.5 Å². The monoisotopic (exact) mass is 388 g/mol. The number of halogens is 1. The van der Waals surface area contributed by atoms with Gasteiger partial charge < -0.3 is 5.11 Å². The Labute approximate surface area is 166 Å². The first-order valence-electron chi connectivity index (χ1n) is 8.58. The maximum absolute atomic E-state index is 13.2. The summed E-state index contributed by atoms with van der Waals surface area (Å²) in [5.41, 5.74) is 3.35. The fourth-order valence-electron chi connectivity index (χ4n) is 3.21. The zero-order valence-corrected chi connectivity index (χ0v) is 15.6. The van der Waals surface area contributed by atoms with Crippen molar-refractivity contribution in [3.63, 3.8) is 0 Å². The molecule has 0 fully saturated rings. The average Bonchev–Trinajstić information content (AvgIpc) is 3.07. The summed E-state index contributed by atoms with van der Waals surface area (Å²) in [5, 5.41) is 14.8. The van der Waals surface area contributed by atoms with Gasteiger partial charge in [0, 0.05) is 10.9 Å². The number of nitrogens with zero attached hydrogens (tertiary/aromatic N) is 2. The molecule has 0 amide bonds. The van der Waals surface area contributed by atoms with E-state index < -0.39 is 5.97 Å². The predicted molar refractivity (Wildman–Crippen MR) is 111 cm³/mol. The zero-order valence-electron chi connectivity index (χ0n) is 14.9. The third kappa shape index (κ3) is 2.98. The van der Waals surface area contributed by atoms with Crippen LogP contribution in [0.15, 0.2) is 66.7 Å². The highest BCUT2D eigenvalue weighted by atomic mass is 35.5. The number of rotatable bonds is 3. The lowest BCUT2D eigenvalue weighted by molar-refractivity contribution is 0.0696. The average molecular weight is 389 g/mol. The molecule has 4 rings (SSSR count). The molecule has 5 nitrogen and oxygen atoms in total. The number of fused-ring (bicyclic) bond motifs is 1. The SMILES string of the molecule is Bc1cccc(Cl)c1C(=O)n1nc(-c2ccc(C(=O)O)cc2)c2ccccc21. The minimum atomic E-state index is -0.994. The first-order chi connectivity index (χ1) is 13.5. The second-order valence-electron chi connectivity index (χ2n) is 6.40. The summed E-state index contributed by atoms with van der Waals surface area (Å²) in [7, 11) is 1.83. The first kappa shape index (κ1) is 18.0. The van der Waals surface area contributed by atoms with E-state index >= 15 is 0 Å². The Hall–Kier alpha value is -3.38. The van der Waals surface area contributed by atoms with Gasteiger partial charge in [0.1, 0.15) is 13.5 Å². The van der Waals surface area contributed by atoms with Crippen LogP contribution in [0, 0.1) is 0 Å². The lowest BCUT2D eigenvalue weighted by Crippen LogP contribution is -2.23. The van der Waals surface area contributed by atoms with Gasteiger partial charge in [-0.3, -0.25) is 4.79 Å². The Morgan fingerprint density at radius 3 is 2.36 bits per heavy atom. The van der Waals surface area contributed by atoms with Crippen molar-refractivity contribution < 1.29 is 14.7 Å². The number of benzene rings is 3. The maximum atomic E-state index is 13.2. The van der Waals surface area contributed by atoms with Crippen molar-refractivity contribution in [1.29, 1.82) is 0 Å². The first-order valence-corrected chi connectivity index (χ1v) is 8.96. The molecule has 4 aromatic rings. The molecule has 136 valence electrons. The standard InChI is InChI=1S/C21H14BClN2O3/c22-15-5-3-6-16(23)18(15)20(26)25-17-7-2-1-4-14(17)19(24-25)12-8-10-13(11-9-12)21(27)28/h1-11H,22H2,(H,27,28). The molecule has 0 spiro atoms. The summed E-state index contributed by atoms with van der Waals surface area (Å²) in [6.07, 6.45) is 0. The fourth-order valence-corrected chi connectivity index (χ4v) is 3.52. The molecule has 28 heavy (non-hydrogen) atoms. The van der Waals surface area contributed by atoms with E-state index in [0.29, 0.717) is 21.8 Å². The predicted octanol–water partition coefficient (Wildman–Crippen LogP) is 3.00. The lowest BCUT2D eigenvalue weighted by Gasteiger charge is -2.08. The maximum Gasteiger partial charge on any atom is 0.335 e. The summed E-state index contributed by atoms with van der Waals surface area (Å²) in [6, 6.07) is 19.1. The highest BCUT2D eigenvalue weighted by Gasteiger charge is 2.21. The van der Waals surface area contributed by atoms with E-state index in [1.54, 1.807) is 24.3 Å². The third-order valence-electron chi connectivity index (χ3n) is 4.62. The highest BCUT2D eigenvalue weighted by Crippen LogP contribution is 2.29. The van der Waals surface area contributed by atoms with E-state index in [0.717, 1.165) is 16.4 Å². The largest absolute Gasteiger partial charge is 0.478 e. The van der Waals surface area contributed by atoms with Crippen molar-refractivity contribution >= 4 is 47.7 Å². The van der Waals surface area contributed by atoms with Crippen molar-refractivity contribution in [3.05, 3.63) is 82.9 Å². The van der Waals surface area contributed by atoms with Crippen molar-refractivity contribution in [2.75, 3.05) is 0 Å². The Morgan fingerprint density at radius 2 is 1.68 bits per heavy atom. The molecule has 0 bridgehead atoms. The van der Waals surface area contributed by atoms with Crippen LogP contribution in [-0.4, -0.2) is 34.6 Å². The van der Waals surface area contributed by atoms with Crippen molar-refractivity contribution in [2.24, 2.45) is 0 Å². The molecular weight excluding hydrogens is 375 g/mol. The molecule has 0 aliphatic heterocycles. The van der Waals surface area contributed by atoms with Gasteiger partial charge in [0.15, 0.2) is 0 Å². The van der Waals surface area contributed by atoms with Crippen LogP contribution in [0.25, 0.3) is 22.2 Å². The molecule has 1 aromatic heterocycles. The summed E-state index contributed by atoms with van der Waals surface area (Å²) in [4.78, 5) is 24.3. The van der Waals surface area contributed by atoms with Crippen molar-refractivity contribution in [3.8, 4) is 11.3 Å². The summed E-state index contributed by atoms with van der Waals surface area (Å²) in [6.45, 7) is 0. The number of carbonyl (C=O) groups is 2. The van der Waals surface area contributed by atoms with Gasteiger partial charge in [0.2, 0.25) is 0 Å². The Balaban J connectivity index is 1.90. The summed E-state index contributed by atoms with van der Waals surface area (Å²) in [5.74, 6) is -1.31. The van der Waals surface area contributed by atoms with Gasteiger partial charge in [-0.05, 0) is 24.3 Å². The quantitative estimate of drug-likeness (QED) is 0.548. The topological polar surface area (TPSA) is 72.2 Å². The van der Waals surface area contributed by atoms with Crippen LogP contribution in [0.2, 0.25) is 5.02 Å². The highest BCUT2D eigenvalue weighted by molar-refractivity contribution is 6.42. The second-order valence-corrected chi connectivity index (χ2v) is 6.80. The number of carboxylic acid groups (broad SMARTS) is 1. The number of carboxylic acids is 1. The van der Waals surface area contributed by atoms with Gasteiger partial charge in [0.25, 0.3) is 5.91 Å². The smallest absolute Gasteiger partial charge is 0.335 e. The molecule has 7 heteroatoms. The van der Waals surface area contributed by atoms with Gasteiger partial charge in [-0.1, -0.05) is 59.5 Å². The lowest BCUT2D eigenvalue weighted by atomic mass is 9.90. The van der Waals surface area contributed by atoms with Gasteiger partial charge in [0.05, 0.1) is 21.7 Å². The molecule has 0 unspecified atom stereocenters. The molecular formula is C21H14BClN2O3. The van der Waals surface area contributed by atoms with E-state index in [1.807, 2.05) is 38.2 Å². The van der Waals surface area contributed by atoms with Gasteiger partial charge in [-0.2, -0.15) is 9.78 Å². The number of hydrogen-bond acceptors (Lipinski definition) is 3. The van der Waals surface area contributed by atoms with E-state index in [1.165, 1.54) is 16.8 Å². The minimum absolute atomic E-state index is 0.190. The molecule has 0 radical (unpaired) electrons. The van der Waals surface area contributed by atoms with Crippen LogP contribution in [-0.2, 0) is 0 Å². The van der Waals surface area contributed by atoms with Crippen LogP contribution >= 0.6 is 11.6 Å². The van der Waals surface area contributed by atoms with E-state index in [2.05, 4.69) is 5.10 Å². The minimum Gasteiger partial charge on any atom is -0.478 e. The van der Waals surface area contributed by atoms with E-state index in [4.69, 9.17) is 16.7 Å². The molecule has 0 atom stereocenters. The summed E-state index contributed by atoms with van der Waals surface area (Å²) < 4.78 is 1.35. The number of aromatic carboxylic acids is 1. The Bertz CT molecular complexity index is 1210. The number of carbonyl (C=O) groups excluding carboxylic acids is 1. The number of aromatic nitrogens is 2. The normalized spacial score (nSPS) is 10.9. The van der Waals surface area contributed by atoms with Gasteiger partial charge in [-0.15, -0.1) is 0 Å². The number of para-hydroxylation sites is 1. The van der Waals surface area contributed by atoms with Crippen LogP contribution in [0.4, 0.5) is 0 Å². The Morgan fingerprint density at radius 1 is 0.964 bits per heavy atom. The molecule has 1 N–H and O–H groups in total. The molecule has 0 saturated heterocycles. The molecule has 3 aromatic carbocycles. The molecule has 0 saturated carbocycles. The van der Waals surface area contributed by atoms with Crippen molar-refractivity contribution in [2.45, 2.75) is 0 Å². The second kappa shape index (κ2) is 6.98. The van der Waals surface area contributed by atoms with Crippen LogP contribution < -0.4 is 5.46 Å². The van der Waals surface area contributed by atoms with Gasteiger partial charge >= 0.3 is 5.97 Å². The molecule has 0 aliphatic rings. The molecule has 1 heterocycles. The molecule has 0 aliphatic carbocycles. The third-order valence-corrected chi connectivity index (χ3v) is 4.94. The fraction of sp³-hybridized carbons (Fsp3) is 0. The number of hydrogen-bond donors (Lipinski definition) is 1. The van der Waals surface area contributed by atoms with Gasteiger partial charge in [-0.25, -0.2) is 4.79 Å². The van der Waals surface area contributed by atoms with E-state index in [9.17, 15) is 9.59 Å². The van der Waals surface area contributed by atoms with Crippen molar-refractivity contribution in [1.82, 2.24) is 9.78 Å². The van der Waals surface area contributed by atoms with Crippen LogP contribution in [0.3, 0.4) is 0 Å². The summed E-state index contributed by atoms with van der Waals surface area (Å²) >= 11 is 6.28.